The van der Waals surface area contributed by atoms with Gasteiger partial charge in [-0.2, -0.15) is 0 Å². The van der Waals surface area contributed by atoms with E-state index >= 15 is 0 Å². The third-order valence-electron chi connectivity index (χ3n) is 2.54. The van der Waals surface area contributed by atoms with Crippen LogP contribution < -0.4 is 10.5 Å². The largest absolute Gasteiger partial charge is 0.492 e. The number of rotatable bonds is 4. The Hall–Kier alpha value is -1.78. The first-order valence-corrected chi connectivity index (χ1v) is 5.03. The first kappa shape index (κ1) is 10.7. The van der Waals surface area contributed by atoms with Crippen LogP contribution in [0.15, 0.2) is 12.1 Å². The minimum absolute atomic E-state index is 0.137. The molecular formula is C11H12FNO3. The van der Waals surface area contributed by atoms with Gasteiger partial charge in [0.2, 0.25) is 0 Å². The van der Waals surface area contributed by atoms with Crippen LogP contribution in [0.3, 0.4) is 0 Å². The molecule has 16 heavy (non-hydrogen) atoms. The van der Waals surface area contributed by atoms with E-state index in [0.29, 0.717) is 12.5 Å². The standard InChI is InChI=1S/C11H12FNO3/c12-7-3-4-8(16-5-6-1-2-6)9(10(7)13)11(14)15/h3-4,6H,1-2,5,13H2,(H,14,15). The number of carboxylic acid groups (broad SMARTS) is 1. The fourth-order valence-corrected chi connectivity index (χ4v) is 1.41. The Kier molecular flexibility index (Phi) is 2.68. The summed E-state index contributed by atoms with van der Waals surface area (Å²) in [7, 11) is 0. The second kappa shape index (κ2) is 4.00. The van der Waals surface area contributed by atoms with Gasteiger partial charge in [0, 0.05) is 0 Å². The minimum atomic E-state index is -1.28. The lowest BCUT2D eigenvalue weighted by Crippen LogP contribution is -2.09. The van der Waals surface area contributed by atoms with Crippen molar-refractivity contribution in [1.82, 2.24) is 0 Å². The van der Waals surface area contributed by atoms with Gasteiger partial charge in [-0.05, 0) is 30.9 Å². The predicted molar refractivity (Wildman–Crippen MR) is 56.0 cm³/mol. The summed E-state index contributed by atoms with van der Waals surface area (Å²) in [5.41, 5.74) is 4.71. The number of ether oxygens (including phenoxy) is 1. The summed E-state index contributed by atoms with van der Waals surface area (Å²) in [5.74, 6) is -1.38. The van der Waals surface area contributed by atoms with Crippen LogP contribution in [0.25, 0.3) is 0 Å². The summed E-state index contributed by atoms with van der Waals surface area (Å²) in [5, 5.41) is 8.93. The van der Waals surface area contributed by atoms with Crippen LogP contribution in [0, 0.1) is 11.7 Å². The molecule has 0 atom stereocenters. The van der Waals surface area contributed by atoms with Crippen LogP contribution in [0.5, 0.6) is 5.75 Å². The zero-order valence-corrected chi connectivity index (χ0v) is 8.57. The molecule has 0 aromatic heterocycles. The zero-order valence-electron chi connectivity index (χ0n) is 8.57. The predicted octanol–water partition coefficient (Wildman–Crippen LogP) is 1.89. The van der Waals surface area contributed by atoms with Gasteiger partial charge in [0.05, 0.1) is 12.3 Å². The highest BCUT2D eigenvalue weighted by Gasteiger charge is 2.24. The lowest BCUT2D eigenvalue weighted by Gasteiger charge is -2.10. The number of halogens is 1. The van der Waals surface area contributed by atoms with E-state index in [1.807, 2.05) is 0 Å². The Balaban J connectivity index is 2.27. The molecule has 0 spiro atoms. The molecule has 1 aromatic rings. The number of hydrogen-bond donors (Lipinski definition) is 2. The summed E-state index contributed by atoms with van der Waals surface area (Å²) in [4.78, 5) is 10.9. The monoisotopic (exact) mass is 225 g/mol. The summed E-state index contributed by atoms with van der Waals surface area (Å²) < 4.78 is 18.4. The highest BCUT2D eigenvalue weighted by molar-refractivity contribution is 5.96. The molecule has 0 radical (unpaired) electrons. The summed E-state index contributed by atoms with van der Waals surface area (Å²) in [6.45, 7) is 0.464. The Morgan fingerprint density at radius 1 is 1.56 bits per heavy atom. The van der Waals surface area contributed by atoms with Gasteiger partial charge in [0.15, 0.2) is 0 Å². The van der Waals surface area contributed by atoms with Crippen molar-refractivity contribution in [2.24, 2.45) is 5.92 Å². The number of nitrogen functional groups attached to an aromatic ring is 1. The highest BCUT2D eigenvalue weighted by atomic mass is 19.1. The van der Waals surface area contributed by atoms with Gasteiger partial charge in [-0.25, -0.2) is 9.18 Å². The maximum absolute atomic E-state index is 13.1. The van der Waals surface area contributed by atoms with E-state index in [-0.39, 0.29) is 17.0 Å². The molecule has 1 aliphatic carbocycles. The number of benzene rings is 1. The molecule has 0 heterocycles. The van der Waals surface area contributed by atoms with Gasteiger partial charge >= 0.3 is 5.97 Å². The zero-order chi connectivity index (χ0) is 11.7. The van der Waals surface area contributed by atoms with Crippen molar-refractivity contribution >= 4 is 11.7 Å². The molecule has 0 bridgehead atoms. The highest BCUT2D eigenvalue weighted by Crippen LogP contribution is 2.32. The molecule has 1 saturated carbocycles. The number of aromatic carboxylic acids is 1. The summed E-state index contributed by atoms with van der Waals surface area (Å²) in [6.07, 6.45) is 2.19. The number of carboxylic acids is 1. The molecule has 1 fully saturated rings. The molecule has 3 N–H and O–H groups in total. The van der Waals surface area contributed by atoms with Crippen LogP contribution >= 0.6 is 0 Å². The number of carbonyl (C=O) groups is 1. The molecule has 0 unspecified atom stereocenters. The molecule has 1 aromatic carbocycles. The normalized spacial score (nSPS) is 14.8. The molecular weight excluding hydrogens is 213 g/mol. The lowest BCUT2D eigenvalue weighted by molar-refractivity contribution is 0.0692. The second-order valence-corrected chi connectivity index (χ2v) is 3.89. The third-order valence-corrected chi connectivity index (χ3v) is 2.54. The fourth-order valence-electron chi connectivity index (χ4n) is 1.41. The van der Waals surface area contributed by atoms with E-state index < -0.39 is 11.8 Å². The van der Waals surface area contributed by atoms with Gasteiger partial charge in [0.1, 0.15) is 17.1 Å². The van der Waals surface area contributed by atoms with E-state index in [1.54, 1.807) is 0 Å². The van der Waals surface area contributed by atoms with Crippen molar-refractivity contribution in [2.75, 3.05) is 12.3 Å². The maximum atomic E-state index is 13.1. The van der Waals surface area contributed by atoms with Gasteiger partial charge in [0.25, 0.3) is 0 Å². The molecule has 1 aliphatic rings. The summed E-state index contributed by atoms with van der Waals surface area (Å²) in [6, 6.07) is 2.42. The Morgan fingerprint density at radius 2 is 2.25 bits per heavy atom. The minimum Gasteiger partial charge on any atom is -0.492 e. The van der Waals surface area contributed by atoms with E-state index in [9.17, 15) is 9.18 Å². The smallest absolute Gasteiger partial charge is 0.341 e. The van der Waals surface area contributed by atoms with Crippen molar-refractivity contribution in [3.8, 4) is 5.75 Å². The molecule has 4 nitrogen and oxygen atoms in total. The molecule has 86 valence electrons. The lowest BCUT2D eigenvalue weighted by atomic mass is 10.1. The molecule has 0 saturated heterocycles. The van der Waals surface area contributed by atoms with Crippen LogP contribution in [0.1, 0.15) is 23.2 Å². The third kappa shape index (κ3) is 2.08. The first-order chi connectivity index (χ1) is 7.59. The fraction of sp³-hybridized carbons (Fsp3) is 0.364. The first-order valence-electron chi connectivity index (χ1n) is 5.03. The molecule has 5 heteroatoms. The van der Waals surface area contributed by atoms with Crippen molar-refractivity contribution < 1.29 is 19.0 Å². The van der Waals surface area contributed by atoms with Crippen molar-refractivity contribution in [1.29, 1.82) is 0 Å². The van der Waals surface area contributed by atoms with E-state index in [2.05, 4.69) is 0 Å². The van der Waals surface area contributed by atoms with Crippen molar-refractivity contribution in [3.63, 3.8) is 0 Å². The van der Waals surface area contributed by atoms with Crippen molar-refractivity contribution in [3.05, 3.63) is 23.5 Å². The van der Waals surface area contributed by atoms with Gasteiger partial charge in [-0.3, -0.25) is 0 Å². The SMILES string of the molecule is Nc1c(F)ccc(OCC2CC2)c1C(=O)O. The number of nitrogens with two attached hydrogens (primary N) is 1. The van der Waals surface area contributed by atoms with E-state index in [1.165, 1.54) is 6.07 Å². The Morgan fingerprint density at radius 3 is 2.81 bits per heavy atom. The molecule has 0 aliphatic heterocycles. The Labute approximate surface area is 91.8 Å². The molecule has 2 rings (SSSR count). The number of hydrogen-bond acceptors (Lipinski definition) is 3. The van der Waals surface area contributed by atoms with Crippen LogP contribution in [-0.2, 0) is 0 Å². The van der Waals surface area contributed by atoms with E-state index in [0.717, 1.165) is 18.9 Å². The second-order valence-electron chi connectivity index (χ2n) is 3.89. The molecule has 0 amide bonds. The van der Waals surface area contributed by atoms with Crippen LogP contribution in [0.2, 0.25) is 0 Å². The number of anilines is 1. The van der Waals surface area contributed by atoms with Crippen molar-refractivity contribution in [2.45, 2.75) is 12.8 Å². The van der Waals surface area contributed by atoms with Crippen LogP contribution in [0.4, 0.5) is 10.1 Å². The van der Waals surface area contributed by atoms with Gasteiger partial charge in [-0.15, -0.1) is 0 Å². The quantitative estimate of drug-likeness (QED) is 0.767. The van der Waals surface area contributed by atoms with Gasteiger partial charge < -0.3 is 15.6 Å². The maximum Gasteiger partial charge on any atom is 0.341 e. The van der Waals surface area contributed by atoms with E-state index in [4.69, 9.17) is 15.6 Å². The van der Waals surface area contributed by atoms with Gasteiger partial charge in [-0.1, -0.05) is 0 Å². The average Bonchev–Trinajstić information content (AvgIpc) is 3.03. The van der Waals surface area contributed by atoms with Crippen LogP contribution in [-0.4, -0.2) is 17.7 Å². The summed E-state index contributed by atoms with van der Waals surface area (Å²) >= 11 is 0. The topological polar surface area (TPSA) is 72.5 Å². The average molecular weight is 225 g/mol. The Bertz CT molecular complexity index is 429.